The van der Waals surface area contributed by atoms with E-state index in [1.807, 2.05) is 17.1 Å². The van der Waals surface area contributed by atoms with Crippen LogP contribution >= 0.6 is 0 Å². The third kappa shape index (κ3) is 4.76. The van der Waals surface area contributed by atoms with Crippen LogP contribution in [-0.2, 0) is 21.8 Å². The molecule has 0 fully saturated rings. The van der Waals surface area contributed by atoms with Crippen LogP contribution in [0.3, 0.4) is 0 Å². The summed E-state index contributed by atoms with van der Waals surface area (Å²) in [6, 6.07) is 14.8. The first-order chi connectivity index (χ1) is 13.3. The van der Waals surface area contributed by atoms with E-state index in [2.05, 4.69) is 61.3 Å². The van der Waals surface area contributed by atoms with E-state index >= 15 is 0 Å². The third-order valence-corrected chi connectivity index (χ3v) is 4.82. The average Bonchev–Trinajstić information content (AvgIpc) is 3.20. The van der Waals surface area contributed by atoms with Gasteiger partial charge < -0.3 is 14.0 Å². The van der Waals surface area contributed by atoms with Crippen LogP contribution in [0.2, 0.25) is 0 Å². The number of hydrogen-bond donors (Lipinski definition) is 0. The molecule has 1 heterocycles. The highest BCUT2D eigenvalue weighted by Crippen LogP contribution is 2.35. The lowest BCUT2D eigenvalue weighted by Gasteiger charge is -2.35. The van der Waals surface area contributed by atoms with Gasteiger partial charge in [-0.2, -0.15) is 0 Å². The van der Waals surface area contributed by atoms with Gasteiger partial charge in [-0.15, -0.1) is 0 Å². The highest BCUT2D eigenvalue weighted by Gasteiger charge is 2.36. The minimum Gasteiger partial charge on any atom is -0.344 e. The molecule has 0 bridgehead atoms. The number of benzene rings is 2. The second-order valence-corrected chi connectivity index (χ2v) is 6.92. The van der Waals surface area contributed by atoms with Crippen LogP contribution in [0.5, 0.6) is 0 Å². The van der Waals surface area contributed by atoms with Gasteiger partial charge in [-0.25, -0.2) is 4.98 Å². The molecule has 0 unspecified atom stereocenters. The Morgan fingerprint density at radius 3 is 2.30 bits per heavy atom. The monoisotopic (exact) mass is 366 g/mol. The van der Waals surface area contributed by atoms with E-state index in [-0.39, 0.29) is 0 Å². The SMILES string of the molecule is CCCCOC(Cn1ccnc1)(OCCCC)c1cccc2ccccc12. The number of nitrogens with zero attached hydrogens (tertiary/aromatic N) is 2. The maximum absolute atomic E-state index is 6.51. The lowest BCUT2D eigenvalue weighted by molar-refractivity contribution is -0.255. The molecule has 0 aliphatic rings. The Morgan fingerprint density at radius 1 is 0.926 bits per heavy atom. The van der Waals surface area contributed by atoms with E-state index in [0.29, 0.717) is 19.8 Å². The molecule has 0 saturated carbocycles. The minimum atomic E-state index is -0.827. The van der Waals surface area contributed by atoms with Gasteiger partial charge >= 0.3 is 0 Å². The Morgan fingerprint density at radius 2 is 1.63 bits per heavy atom. The second kappa shape index (κ2) is 9.67. The van der Waals surface area contributed by atoms with Gasteiger partial charge in [-0.1, -0.05) is 69.2 Å². The molecule has 3 rings (SSSR count). The summed E-state index contributed by atoms with van der Waals surface area (Å²) in [5, 5.41) is 2.37. The van der Waals surface area contributed by atoms with Crippen LogP contribution < -0.4 is 0 Å². The van der Waals surface area contributed by atoms with Gasteiger partial charge in [0.15, 0.2) is 0 Å². The molecule has 0 amide bonds. The Kier molecular flexibility index (Phi) is 7.02. The van der Waals surface area contributed by atoms with Crippen molar-refractivity contribution in [2.45, 2.75) is 51.9 Å². The molecule has 1 aromatic heterocycles. The van der Waals surface area contributed by atoms with Crippen LogP contribution in [0.25, 0.3) is 10.8 Å². The largest absolute Gasteiger partial charge is 0.344 e. The van der Waals surface area contributed by atoms with Gasteiger partial charge in [0.1, 0.15) is 0 Å². The molecular weight excluding hydrogens is 336 g/mol. The fraction of sp³-hybridized carbons (Fsp3) is 0.435. The molecule has 144 valence electrons. The maximum atomic E-state index is 6.51. The number of aromatic nitrogens is 2. The molecular formula is C23H30N2O2. The standard InChI is InChI=1S/C23H30N2O2/c1-3-5-16-26-23(27-17-6-4-2,18-25-15-14-24-19-25)22-13-9-11-20-10-7-8-12-21(20)22/h7-15,19H,3-6,16-18H2,1-2H3. The van der Waals surface area contributed by atoms with Crippen molar-refractivity contribution in [1.82, 2.24) is 9.55 Å². The van der Waals surface area contributed by atoms with Gasteiger partial charge in [0.25, 0.3) is 0 Å². The van der Waals surface area contributed by atoms with Gasteiger partial charge in [-0.05, 0) is 23.6 Å². The summed E-state index contributed by atoms with van der Waals surface area (Å²) in [7, 11) is 0. The third-order valence-electron chi connectivity index (χ3n) is 4.82. The van der Waals surface area contributed by atoms with Gasteiger partial charge in [0.2, 0.25) is 5.79 Å². The van der Waals surface area contributed by atoms with E-state index in [0.717, 1.165) is 31.2 Å². The molecule has 27 heavy (non-hydrogen) atoms. The number of rotatable bonds is 11. The van der Waals surface area contributed by atoms with E-state index in [1.54, 1.807) is 6.20 Å². The molecule has 0 aliphatic heterocycles. The van der Waals surface area contributed by atoms with Crippen molar-refractivity contribution >= 4 is 10.8 Å². The van der Waals surface area contributed by atoms with Gasteiger partial charge in [0.05, 0.1) is 26.1 Å². The van der Waals surface area contributed by atoms with E-state index in [9.17, 15) is 0 Å². The molecule has 4 heteroatoms. The molecule has 3 aromatic rings. The van der Waals surface area contributed by atoms with E-state index < -0.39 is 5.79 Å². The predicted octanol–water partition coefficient (Wildman–Crippen LogP) is 5.52. The molecule has 2 aromatic carbocycles. The van der Waals surface area contributed by atoms with E-state index in [1.165, 1.54) is 10.8 Å². The number of fused-ring (bicyclic) bond motifs is 1. The topological polar surface area (TPSA) is 36.3 Å². The zero-order chi connectivity index (χ0) is 19.0. The highest BCUT2D eigenvalue weighted by molar-refractivity contribution is 5.86. The van der Waals surface area contributed by atoms with Crippen LogP contribution in [-0.4, -0.2) is 22.8 Å². The Hall–Kier alpha value is -2.17. The highest BCUT2D eigenvalue weighted by atomic mass is 16.7. The molecule has 0 saturated heterocycles. The zero-order valence-corrected chi connectivity index (χ0v) is 16.4. The van der Waals surface area contributed by atoms with Gasteiger partial charge in [-0.3, -0.25) is 0 Å². The minimum absolute atomic E-state index is 0.578. The summed E-state index contributed by atoms with van der Waals surface area (Å²) in [6.07, 6.45) is 9.78. The lowest BCUT2D eigenvalue weighted by atomic mass is 9.97. The summed E-state index contributed by atoms with van der Waals surface area (Å²) >= 11 is 0. The molecule has 4 nitrogen and oxygen atoms in total. The zero-order valence-electron chi connectivity index (χ0n) is 16.4. The van der Waals surface area contributed by atoms with Crippen LogP contribution in [0, 0.1) is 0 Å². The van der Waals surface area contributed by atoms with Crippen molar-refractivity contribution in [2.75, 3.05) is 13.2 Å². The predicted molar refractivity (Wildman–Crippen MR) is 110 cm³/mol. The number of unbranched alkanes of at least 4 members (excludes halogenated alkanes) is 2. The summed E-state index contributed by atoms with van der Waals surface area (Å²) in [5.41, 5.74) is 1.08. The van der Waals surface area contributed by atoms with Gasteiger partial charge in [0, 0.05) is 18.0 Å². The molecule has 0 aliphatic carbocycles. The Bertz CT molecular complexity index is 799. The van der Waals surface area contributed by atoms with Crippen molar-refractivity contribution in [3.05, 3.63) is 66.7 Å². The van der Waals surface area contributed by atoms with Crippen LogP contribution in [0.1, 0.15) is 45.1 Å². The first-order valence-corrected chi connectivity index (χ1v) is 10.0. The second-order valence-electron chi connectivity index (χ2n) is 6.92. The molecule has 0 atom stereocenters. The fourth-order valence-corrected chi connectivity index (χ4v) is 3.31. The summed E-state index contributed by atoms with van der Waals surface area (Å²) in [4.78, 5) is 4.21. The lowest BCUT2D eigenvalue weighted by Crippen LogP contribution is -2.38. The first-order valence-electron chi connectivity index (χ1n) is 10.0. The normalized spacial score (nSPS) is 11.9. The van der Waals surface area contributed by atoms with Crippen LogP contribution in [0.4, 0.5) is 0 Å². The number of hydrogen-bond acceptors (Lipinski definition) is 3. The number of ether oxygens (including phenoxy) is 2. The average molecular weight is 367 g/mol. The summed E-state index contributed by atoms with van der Waals surface area (Å²) in [6.45, 7) is 6.27. The van der Waals surface area contributed by atoms with Crippen molar-refractivity contribution in [3.8, 4) is 0 Å². The van der Waals surface area contributed by atoms with E-state index in [4.69, 9.17) is 9.47 Å². The van der Waals surface area contributed by atoms with Crippen LogP contribution in [0.15, 0.2) is 61.2 Å². The van der Waals surface area contributed by atoms with Crippen molar-refractivity contribution < 1.29 is 9.47 Å². The fourth-order valence-electron chi connectivity index (χ4n) is 3.31. The molecule has 0 spiro atoms. The maximum Gasteiger partial charge on any atom is 0.214 e. The van der Waals surface area contributed by atoms with Crippen molar-refractivity contribution in [3.63, 3.8) is 0 Å². The van der Waals surface area contributed by atoms with Crippen molar-refractivity contribution in [2.24, 2.45) is 0 Å². The molecule has 0 N–H and O–H groups in total. The smallest absolute Gasteiger partial charge is 0.214 e. The number of imidazole rings is 1. The quantitative estimate of drug-likeness (QED) is 0.331. The first kappa shape index (κ1) is 19.6. The molecule has 0 radical (unpaired) electrons. The summed E-state index contributed by atoms with van der Waals surface area (Å²) < 4.78 is 15.1. The Labute approximate surface area is 162 Å². The summed E-state index contributed by atoms with van der Waals surface area (Å²) in [5.74, 6) is -0.827. The Balaban J connectivity index is 2.06. The van der Waals surface area contributed by atoms with Crippen molar-refractivity contribution in [1.29, 1.82) is 0 Å².